The molecule has 0 aromatic heterocycles. The number of benzene rings is 1. The molecule has 1 aliphatic heterocycles. The molecule has 0 radical (unpaired) electrons. The molecule has 1 amide bonds. The highest BCUT2D eigenvalue weighted by Gasteiger charge is 2.25. The number of rotatable bonds is 7. The smallest absolute Gasteiger partial charge is 0.224 e. The molecule has 1 aromatic carbocycles. The molecular formula is C18H31Cl2N3O3. The Morgan fingerprint density at radius 2 is 1.81 bits per heavy atom. The van der Waals surface area contributed by atoms with E-state index >= 15 is 0 Å². The number of carbonyl (C=O) groups excluding carboxylic acids is 1. The van der Waals surface area contributed by atoms with E-state index in [4.69, 9.17) is 15.2 Å². The van der Waals surface area contributed by atoms with Gasteiger partial charge >= 0.3 is 0 Å². The van der Waals surface area contributed by atoms with E-state index in [1.807, 2.05) is 32.0 Å². The van der Waals surface area contributed by atoms with Crippen LogP contribution in [0.5, 0.6) is 11.5 Å². The Labute approximate surface area is 168 Å². The normalized spacial score (nSPS) is 18.2. The van der Waals surface area contributed by atoms with Gasteiger partial charge in [0.15, 0.2) is 0 Å². The fourth-order valence-electron chi connectivity index (χ4n) is 2.85. The van der Waals surface area contributed by atoms with Gasteiger partial charge in [-0.25, -0.2) is 0 Å². The first-order valence-electron chi connectivity index (χ1n) is 8.46. The number of ether oxygens (including phenoxy) is 2. The molecule has 0 bridgehead atoms. The molecule has 0 aliphatic carbocycles. The van der Waals surface area contributed by atoms with Crippen molar-refractivity contribution in [1.82, 2.24) is 5.32 Å². The molecule has 3 atom stereocenters. The monoisotopic (exact) mass is 407 g/mol. The first-order chi connectivity index (χ1) is 11.4. The molecule has 2 rings (SSSR count). The lowest BCUT2D eigenvalue weighted by molar-refractivity contribution is -0.125. The van der Waals surface area contributed by atoms with Gasteiger partial charge in [-0.15, -0.1) is 24.8 Å². The summed E-state index contributed by atoms with van der Waals surface area (Å²) in [6.45, 7) is 6.28. The van der Waals surface area contributed by atoms with E-state index in [1.54, 1.807) is 14.2 Å². The molecule has 0 saturated carbocycles. The van der Waals surface area contributed by atoms with Crippen molar-refractivity contribution in [2.75, 3.05) is 38.8 Å². The molecule has 1 fully saturated rings. The zero-order valence-electron chi connectivity index (χ0n) is 15.9. The first-order valence-corrected chi connectivity index (χ1v) is 8.46. The summed E-state index contributed by atoms with van der Waals surface area (Å²) >= 11 is 0. The van der Waals surface area contributed by atoms with E-state index in [9.17, 15) is 4.79 Å². The van der Waals surface area contributed by atoms with Crippen LogP contribution in [0.15, 0.2) is 18.2 Å². The first kappa shape index (κ1) is 24.6. The molecule has 1 heterocycles. The second-order valence-electron chi connectivity index (χ2n) is 6.56. The summed E-state index contributed by atoms with van der Waals surface area (Å²) in [5.41, 5.74) is 6.87. The lowest BCUT2D eigenvalue weighted by Gasteiger charge is -2.21. The standard InChI is InChI=1S/C18H29N3O3.2ClH/c1-12(13(2)19)18(22)20-10-14-5-6-21(11-14)15-7-16(23-3)9-17(8-15)24-4;;/h7-9,12-14H,5-6,10-11,19H2,1-4H3,(H,20,22);2*1H. The van der Waals surface area contributed by atoms with Gasteiger partial charge in [0.25, 0.3) is 0 Å². The van der Waals surface area contributed by atoms with E-state index in [2.05, 4.69) is 10.2 Å². The molecule has 1 aliphatic rings. The second-order valence-corrected chi connectivity index (χ2v) is 6.56. The minimum atomic E-state index is -0.162. The lowest BCUT2D eigenvalue weighted by atomic mass is 10.0. The van der Waals surface area contributed by atoms with Crippen LogP contribution in [0, 0.1) is 11.8 Å². The SMILES string of the molecule is COc1cc(OC)cc(N2CCC(CNC(=O)C(C)C(C)N)C2)c1.Cl.Cl. The quantitative estimate of drug-likeness (QED) is 0.725. The van der Waals surface area contributed by atoms with Gasteiger partial charge in [-0.2, -0.15) is 0 Å². The van der Waals surface area contributed by atoms with Crippen LogP contribution in [0.3, 0.4) is 0 Å². The number of carbonyl (C=O) groups is 1. The zero-order valence-corrected chi connectivity index (χ0v) is 17.5. The predicted molar refractivity (Wildman–Crippen MR) is 110 cm³/mol. The van der Waals surface area contributed by atoms with Crippen molar-refractivity contribution in [3.05, 3.63) is 18.2 Å². The number of halogens is 2. The molecule has 8 heteroatoms. The number of anilines is 1. The maximum atomic E-state index is 12.0. The van der Waals surface area contributed by atoms with E-state index in [0.29, 0.717) is 12.5 Å². The highest BCUT2D eigenvalue weighted by Crippen LogP contribution is 2.31. The van der Waals surface area contributed by atoms with Crippen LogP contribution < -0.4 is 25.4 Å². The van der Waals surface area contributed by atoms with Crippen molar-refractivity contribution in [2.24, 2.45) is 17.6 Å². The average molecular weight is 408 g/mol. The van der Waals surface area contributed by atoms with E-state index in [1.165, 1.54) is 0 Å². The summed E-state index contributed by atoms with van der Waals surface area (Å²) in [5, 5.41) is 3.03. The van der Waals surface area contributed by atoms with Crippen LogP contribution in [0.1, 0.15) is 20.3 Å². The summed E-state index contributed by atoms with van der Waals surface area (Å²) in [6, 6.07) is 5.77. The second kappa shape index (κ2) is 11.4. The molecule has 1 saturated heterocycles. The summed E-state index contributed by atoms with van der Waals surface area (Å²) in [4.78, 5) is 14.3. The van der Waals surface area contributed by atoms with Crippen LogP contribution in [0.2, 0.25) is 0 Å². The molecule has 6 nitrogen and oxygen atoms in total. The largest absolute Gasteiger partial charge is 0.497 e. The highest BCUT2D eigenvalue weighted by atomic mass is 35.5. The minimum Gasteiger partial charge on any atom is -0.497 e. The van der Waals surface area contributed by atoms with Gasteiger partial charge in [0.2, 0.25) is 5.91 Å². The van der Waals surface area contributed by atoms with Gasteiger partial charge in [0, 0.05) is 55.5 Å². The highest BCUT2D eigenvalue weighted by molar-refractivity contribution is 5.85. The fraction of sp³-hybridized carbons (Fsp3) is 0.611. The number of amides is 1. The van der Waals surface area contributed by atoms with Gasteiger partial charge in [0.05, 0.1) is 14.2 Å². The maximum Gasteiger partial charge on any atom is 0.224 e. The molecule has 3 unspecified atom stereocenters. The number of nitrogens with two attached hydrogens (primary N) is 1. The molecular weight excluding hydrogens is 377 g/mol. The maximum absolute atomic E-state index is 12.0. The Morgan fingerprint density at radius 1 is 1.23 bits per heavy atom. The van der Waals surface area contributed by atoms with Crippen molar-refractivity contribution in [3.8, 4) is 11.5 Å². The van der Waals surface area contributed by atoms with Crippen molar-refractivity contribution < 1.29 is 14.3 Å². The number of nitrogens with one attached hydrogen (secondary N) is 1. The van der Waals surface area contributed by atoms with Crippen LogP contribution in [0.25, 0.3) is 0 Å². The van der Waals surface area contributed by atoms with Gasteiger partial charge in [-0.1, -0.05) is 6.92 Å². The molecule has 150 valence electrons. The third-order valence-corrected chi connectivity index (χ3v) is 4.75. The Kier molecular flexibility index (Phi) is 10.8. The Bertz CT molecular complexity index is 550. The Morgan fingerprint density at radius 3 is 2.31 bits per heavy atom. The topological polar surface area (TPSA) is 76.8 Å². The molecule has 26 heavy (non-hydrogen) atoms. The van der Waals surface area contributed by atoms with E-state index in [-0.39, 0.29) is 42.7 Å². The van der Waals surface area contributed by atoms with Crippen molar-refractivity contribution in [2.45, 2.75) is 26.3 Å². The predicted octanol–water partition coefficient (Wildman–Crippen LogP) is 2.47. The summed E-state index contributed by atoms with van der Waals surface area (Å²) in [5.74, 6) is 1.88. The molecule has 3 N–H and O–H groups in total. The number of hydrogen-bond donors (Lipinski definition) is 2. The van der Waals surface area contributed by atoms with Crippen molar-refractivity contribution in [1.29, 1.82) is 0 Å². The van der Waals surface area contributed by atoms with E-state index < -0.39 is 0 Å². The number of hydrogen-bond acceptors (Lipinski definition) is 5. The zero-order chi connectivity index (χ0) is 17.7. The van der Waals surface area contributed by atoms with Crippen LogP contribution in [-0.4, -0.2) is 45.8 Å². The van der Waals surface area contributed by atoms with Crippen molar-refractivity contribution in [3.63, 3.8) is 0 Å². The Balaban J connectivity index is 0.00000312. The van der Waals surface area contributed by atoms with Gasteiger partial charge < -0.3 is 25.4 Å². The van der Waals surface area contributed by atoms with E-state index in [0.717, 1.165) is 36.7 Å². The summed E-state index contributed by atoms with van der Waals surface area (Å²) in [7, 11) is 3.31. The van der Waals surface area contributed by atoms with Crippen LogP contribution >= 0.6 is 24.8 Å². The molecule has 0 spiro atoms. The average Bonchev–Trinajstić information content (AvgIpc) is 3.07. The minimum absolute atomic E-state index is 0. The number of methoxy groups -OCH3 is 2. The Hall–Kier alpha value is -1.37. The third-order valence-electron chi connectivity index (χ3n) is 4.75. The van der Waals surface area contributed by atoms with Crippen molar-refractivity contribution >= 4 is 36.4 Å². The lowest BCUT2D eigenvalue weighted by Crippen LogP contribution is -2.40. The molecule has 1 aromatic rings. The third kappa shape index (κ3) is 6.41. The summed E-state index contributed by atoms with van der Waals surface area (Å²) in [6.07, 6.45) is 1.05. The van der Waals surface area contributed by atoms with Crippen LogP contribution in [0.4, 0.5) is 5.69 Å². The summed E-state index contributed by atoms with van der Waals surface area (Å²) < 4.78 is 10.7. The van der Waals surface area contributed by atoms with Gasteiger partial charge in [-0.3, -0.25) is 4.79 Å². The fourth-order valence-corrected chi connectivity index (χ4v) is 2.85. The van der Waals surface area contributed by atoms with Gasteiger partial charge in [-0.05, 0) is 19.3 Å². The number of nitrogens with zero attached hydrogens (tertiary/aromatic N) is 1. The van der Waals surface area contributed by atoms with Gasteiger partial charge in [0.1, 0.15) is 11.5 Å². The van der Waals surface area contributed by atoms with Crippen LogP contribution in [-0.2, 0) is 4.79 Å².